The Morgan fingerprint density at radius 1 is 1.62 bits per heavy atom. The van der Waals surface area contributed by atoms with Gasteiger partial charge in [0.1, 0.15) is 5.49 Å². The van der Waals surface area contributed by atoms with Gasteiger partial charge >= 0.3 is 0 Å². The number of hydrogen-bond acceptors (Lipinski definition) is 3. The van der Waals surface area contributed by atoms with Crippen molar-refractivity contribution in [3.05, 3.63) is 0 Å². The molecule has 0 aliphatic heterocycles. The summed E-state index contributed by atoms with van der Waals surface area (Å²) in [5.74, 6) is 0. The lowest BCUT2D eigenvalue weighted by Gasteiger charge is -2.03. The van der Waals surface area contributed by atoms with Crippen LogP contribution in [0.5, 0.6) is 0 Å². The summed E-state index contributed by atoms with van der Waals surface area (Å²) in [7, 11) is 3.62. The molecule has 0 spiro atoms. The van der Waals surface area contributed by atoms with Gasteiger partial charge in [-0.2, -0.15) is 0 Å². The molecule has 0 heterocycles. The Hall–Kier alpha value is -0.550. The third-order valence-electron chi connectivity index (χ3n) is 0.350. The van der Waals surface area contributed by atoms with Crippen LogP contribution in [-0.2, 0) is 0 Å². The minimum Gasteiger partial charge on any atom is -0.222 e. The second-order valence-electron chi connectivity index (χ2n) is 1.32. The topological polar surface area (TPSA) is 40.0 Å². The van der Waals surface area contributed by atoms with E-state index in [2.05, 4.69) is 28.1 Å². The van der Waals surface area contributed by atoms with Crippen LogP contribution in [0.3, 0.4) is 0 Å². The van der Waals surface area contributed by atoms with Gasteiger partial charge in [-0.25, -0.2) is 10.5 Å². The van der Waals surface area contributed by atoms with E-state index in [1.807, 2.05) is 14.1 Å². The van der Waals surface area contributed by atoms with E-state index in [0.717, 1.165) is 0 Å². The van der Waals surface area contributed by atoms with Gasteiger partial charge in [-0.1, -0.05) is 17.4 Å². The summed E-state index contributed by atoms with van der Waals surface area (Å²) in [6.07, 6.45) is 0. The highest BCUT2D eigenvalue weighted by Gasteiger charge is 1.75. The van der Waals surface area contributed by atoms with Crippen LogP contribution in [0.4, 0.5) is 0 Å². The molecule has 0 unspecified atom stereocenters. The van der Waals surface area contributed by atoms with Gasteiger partial charge in [0.2, 0.25) is 0 Å². The highest BCUT2D eigenvalue weighted by atomic mass is 32.1. The summed E-state index contributed by atoms with van der Waals surface area (Å²) in [6, 6.07) is 0. The second kappa shape index (κ2) is 4.61. The Morgan fingerprint density at radius 3 is 2.62 bits per heavy atom. The number of hydrogen-bond donors (Lipinski definition) is 1. The SMILES string of the molecule is CN(C)NN=NC=S. The summed E-state index contributed by atoms with van der Waals surface area (Å²) in [4.78, 5) is 0. The summed E-state index contributed by atoms with van der Waals surface area (Å²) < 4.78 is 0. The van der Waals surface area contributed by atoms with Crippen molar-refractivity contribution < 1.29 is 0 Å². The quantitative estimate of drug-likeness (QED) is 0.343. The molecular weight excluding hydrogens is 124 g/mol. The van der Waals surface area contributed by atoms with Gasteiger partial charge < -0.3 is 0 Å². The number of thiocarbonyl (C=S) groups is 1. The third-order valence-corrected chi connectivity index (χ3v) is 0.444. The summed E-state index contributed by atoms with van der Waals surface area (Å²) in [5.41, 5.74) is 3.73. The summed E-state index contributed by atoms with van der Waals surface area (Å²) in [5, 5.41) is 8.46. The van der Waals surface area contributed by atoms with Gasteiger partial charge in [-0.05, 0) is 0 Å². The largest absolute Gasteiger partial charge is 0.222 e. The Morgan fingerprint density at radius 2 is 2.25 bits per heavy atom. The Balaban J connectivity index is 3.15. The first-order valence-electron chi connectivity index (χ1n) is 2.04. The molecule has 1 N–H and O–H groups in total. The predicted molar refractivity (Wildman–Crippen MR) is 35.3 cm³/mol. The Kier molecular flexibility index (Phi) is 4.29. The maximum atomic E-state index is 4.36. The normalized spacial score (nSPS) is 10.4. The number of nitrogens with zero attached hydrogens (tertiary/aromatic N) is 3. The predicted octanol–water partition coefficient (Wildman–Crippen LogP) is 0.377. The molecule has 4 nitrogen and oxygen atoms in total. The van der Waals surface area contributed by atoms with E-state index < -0.39 is 0 Å². The molecule has 0 amide bonds. The molecule has 0 rings (SSSR count). The zero-order valence-corrected chi connectivity index (χ0v) is 5.64. The first kappa shape index (κ1) is 7.45. The Bertz CT molecular complexity index is 89.3. The minimum absolute atomic E-state index is 1.19. The van der Waals surface area contributed by atoms with Gasteiger partial charge in [0.05, 0.1) is 0 Å². The van der Waals surface area contributed by atoms with Crippen LogP contribution in [0.2, 0.25) is 0 Å². The lowest BCUT2D eigenvalue weighted by Crippen LogP contribution is -2.24. The molecule has 0 saturated heterocycles. The van der Waals surface area contributed by atoms with Crippen molar-refractivity contribution in [1.29, 1.82) is 0 Å². The lowest BCUT2D eigenvalue weighted by molar-refractivity contribution is 0.289. The van der Waals surface area contributed by atoms with Crippen molar-refractivity contribution in [3.63, 3.8) is 0 Å². The van der Waals surface area contributed by atoms with Crippen molar-refractivity contribution in [2.75, 3.05) is 14.1 Å². The number of hydrazine groups is 1. The molecule has 0 bridgehead atoms. The molecule has 0 aromatic carbocycles. The zero-order chi connectivity index (χ0) is 6.41. The average molecular weight is 132 g/mol. The molecule has 0 radical (unpaired) electrons. The van der Waals surface area contributed by atoms with E-state index in [-0.39, 0.29) is 0 Å². The maximum absolute atomic E-state index is 4.36. The van der Waals surface area contributed by atoms with Crippen LogP contribution in [0.25, 0.3) is 0 Å². The molecule has 0 aliphatic rings. The van der Waals surface area contributed by atoms with E-state index in [1.165, 1.54) is 5.49 Å². The van der Waals surface area contributed by atoms with Crippen molar-refractivity contribution in [2.24, 2.45) is 10.3 Å². The second-order valence-corrected chi connectivity index (χ2v) is 1.53. The van der Waals surface area contributed by atoms with Gasteiger partial charge in [0.25, 0.3) is 0 Å². The first-order valence-corrected chi connectivity index (χ1v) is 2.51. The minimum atomic E-state index is 1.19. The van der Waals surface area contributed by atoms with Crippen molar-refractivity contribution in [2.45, 2.75) is 0 Å². The van der Waals surface area contributed by atoms with Crippen molar-refractivity contribution in [3.8, 4) is 0 Å². The van der Waals surface area contributed by atoms with Crippen LogP contribution in [0.15, 0.2) is 10.3 Å². The summed E-state index contributed by atoms with van der Waals surface area (Å²) in [6.45, 7) is 0. The first-order chi connectivity index (χ1) is 3.77. The molecule has 5 heteroatoms. The fourth-order valence-corrected chi connectivity index (χ4v) is 0.186. The standard InChI is InChI=1S/C3H8N4S/c1-7(2)6-5-4-3-8/h3H,1-2H3,(H,4,6,8). The van der Waals surface area contributed by atoms with E-state index in [1.54, 1.807) is 5.01 Å². The lowest BCUT2D eigenvalue weighted by atomic mass is 11.2. The molecule has 0 aromatic rings. The van der Waals surface area contributed by atoms with E-state index >= 15 is 0 Å². The molecular formula is C3H8N4S. The molecule has 0 aromatic heterocycles. The highest BCUT2D eigenvalue weighted by Crippen LogP contribution is 1.65. The smallest absolute Gasteiger partial charge is 0.114 e. The van der Waals surface area contributed by atoms with Gasteiger partial charge in [0.15, 0.2) is 0 Å². The van der Waals surface area contributed by atoms with E-state index in [0.29, 0.717) is 0 Å². The van der Waals surface area contributed by atoms with Gasteiger partial charge in [0, 0.05) is 14.1 Å². The monoisotopic (exact) mass is 132 g/mol. The van der Waals surface area contributed by atoms with Crippen LogP contribution >= 0.6 is 12.2 Å². The molecule has 0 saturated carbocycles. The Labute approximate surface area is 53.5 Å². The van der Waals surface area contributed by atoms with Gasteiger partial charge in [-0.3, -0.25) is 0 Å². The fourth-order valence-electron chi connectivity index (χ4n) is 0.139. The molecule has 46 valence electrons. The van der Waals surface area contributed by atoms with Crippen LogP contribution in [0, 0.1) is 0 Å². The highest BCUT2D eigenvalue weighted by molar-refractivity contribution is 7.78. The van der Waals surface area contributed by atoms with Crippen LogP contribution in [0.1, 0.15) is 0 Å². The molecule has 0 fully saturated rings. The number of nitrogens with one attached hydrogen (secondary N) is 1. The van der Waals surface area contributed by atoms with E-state index in [4.69, 9.17) is 0 Å². The molecule has 0 aliphatic carbocycles. The third kappa shape index (κ3) is 5.45. The van der Waals surface area contributed by atoms with Gasteiger partial charge in [-0.15, -0.1) is 5.11 Å². The van der Waals surface area contributed by atoms with Crippen LogP contribution < -0.4 is 5.53 Å². The summed E-state index contributed by atoms with van der Waals surface area (Å²) >= 11 is 4.36. The molecule has 0 atom stereocenters. The maximum Gasteiger partial charge on any atom is 0.114 e. The number of rotatable bonds is 3. The van der Waals surface area contributed by atoms with Crippen LogP contribution in [-0.4, -0.2) is 24.6 Å². The fraction of sp³-hybridized carbons (Fsp3) is 0.667. The van der Waals surface area contributed by atoms with Crippen molar-refractivity contribution >= 4 is 17.7 Å². The zero-order valence-electron chi connectivity index (χ0n) is 4.83. The molecule has 8 heavy (non-hydrogen) atoms. The van der Waals surface area contributed by atoms with E-state index in [9.17, 15) is 0 Å². The van der Waals surface area contributed by atoms with Crippen molar-refractivity contribution in [1.82, 2.24) is 10.5 Å². The average Bonchev–Trinajstić information content (AvgIpc) is 1.66.